The van der Waals surface area contributed by atoms with Crippen LogP contribution in [0.1, 0.15) is 6.92 Å². The van der Waals surface area contributed by atoms with E-state index in [9.17, 15) is 156 Å². The van der Waals surface area contributed by atoms with Crippen molar-refractivity contribution < 1.29 is 179 Å². The van der Waals surface area contributed by atoms with Crippen LogP contribution >= 0.6 is 0 Å². The second-order valence-electron chi connectivity index (χ2n) is 13.8. The number of ether oxygens (including phenoxy) is 1. The predicted molar refractivity (Wildman–Crippen MR) is 137 cm³/mol. The summed E-state index contributed by atoms with van der Waals surface area (Å²) in [5.74, 6) is -155. The molecule has 0 saturated heterocycles. The van der Waals surface area contributed by atoms with Crippen molar-refractivity contribution in [3.63, 3.8) is 0 Å². The second kappa shape index (κ2) is 16.6. The maximum Gasteiger partial charge on any atom is 0.460 e. The van der Waals surface area contributed by atoms with Gasteiger partial charge in [-0.25, -0.2) is 4.79 Å². The van der Waals surface area contributed by atoms with Gasteiger partial charge in [-0.05, 0) is 0 Å². The lowest BCUT2D eigenvalue weighted by molar-refractivity contribution is -0.934. The van der Waals surface area contributed by atoms with Gasteiger partial charge in [0.05, 0.1) is 26.6 Å². The van der Waals surface area contributed by atoms with Crippen LogP contribution in [0.25, 0.3) is 0 Å². The van der Waals surface area contributed by atoms with Crippen molar-refractivity contribution in [3.8, 4) is 0 Å². The molecule has 0 aliphatic carbocycles. The number of quaternary nitrogens is 1. The van der Waals surface area contributed by atoms with E-state index < -0.39 is 143 Å². The molecule has 0 fully saturated rings. The van der Waals surface area contributed by atoms with Crippen molar-refractivity contribution >= 4 is 11.9 Å². The summed E-state index contributed by atoms with van der Waals surface area (Å²) in [5.41, 5.74) is 0. The summed E-state index contributed by atoms with van der Waals surface area (Å²) >= 11 is 0. The third-order valence-electron chi connectivity index (χ3n) is 8.81. The number of halogens is 33. The molecule has 3 N–H and O–H groups in total. The second-order valence-corrected chi connectivity index (χ2v) is 13.8. The van der Waals surface area contributed by atoms with E-state index in [-0.39, 0.29) is 6.92 Å². The maximum atomic E-state index is 15.1. The van der Waals surface area contributed by atoms with Gasteiger partial charge in [-0.2, -0.15) is 145 Å². The first-order chi connectivity index (χ1) is 28.1. The minimum Gasteiger partial charge on any atom is -0.477 e. The lowest BCUT2D eigenvalue weighted by Gasteiger charge is -2.47. The summed E-state index contributed by atoms with van der Waals surface area (Å²) < 4.78 is 462. The highest BCUT2D eigenvalue weighted by Crippen LogP contribution is 2.70. The number of aliphatic carboxylic acids is 1. The fourth-order valence-corrected chi connectivity index (χ4v) is 4.79. The zero-order valence-corrected chi connectivity index (χ0v) is 30.6. The lowest BCUT2D eigenvalue weighted by Crippen LogP contribution is -2.80. The zero-order valence-electron chi connectivity index (χ0n) is 30.6. The van der Waals surface area contributed by atoms with Gasteiger partial charge in [0.2, 0.25) is 6.23 Å². The smallest absolute Gasteiger partial charge is 0.460 e. The van der Waals surface area contributed by atoms with Gasteiger partial charge in [-0.15, -0.1) is 0 Å². The third-order valence-corrected chi connectivity index (χ3v) is 8.81. The minimum atomic E-state index is -10.3. The average molecular weight is 1070 g/mol. The molecule has 0 rings (SSSR count). The molecule has 3 atom stereocenters. The monoisotopic (exact) mass is 1070 g/mol. The number of carboxylic acid groups (broad SMARTS) is 1. The van der Waals surface area contributed by atoms with Crippen molar-refractivity contribution in [3.05, 3.63) is 0 Å². The topological polar surface area (TPSA) is 104 Å². The molecule has 40 heteroatoms. The summed E-state index contributed by atoms with van der Waals surface area (Å²) in [5, 5.41) is 28.4. The number of aliphatic hydroxyl groups excluding tert-OH is 2. The Kier molecular flexibility index (Phi) is 15.7. The Bertz CT molecular complexity index is 1770. The van der Waals surface area contributed by atoms with Crippen molar-refractivity contribution in [2.24, 2.45) is 5.92 Å². The standard InChI is InChI=1S/C26H18F33NO6/c1-6(62)66-9(10(65)60(2,3)4-8(63)64)7(5-61)11(27,28)12(29,30)13(31,32)14(33,34)15(35,36)16(37,38)17(39,40)18(41,42)19(43,44)20(45,46)21(47,48)22(49,50)23(51,52)24(53,54)25(55,56)26(57,58)59/h7,9-10,61,65H,4-5H2,1-3H3/p+1. The number of alkyl halides is 33. The van der Waals surface area contributed by atoms with Gasteiger partial charge in [0.15, 0.2) is 12.6 Å². The van der Waals surface area contributed by atoms with Gasteiger partial charge in [-0.3, -0.25) is 9.28 Å². The van der Waals surface area contributed by atoms with Crippen molar-refractivity contribution in [2.45, 2.75) is 114 Å². The Morgan fingerprint density at radius 3 is 0.833 bits per heavy atom. The Morgan fingerprint density at radius 1 is 0.439 bits per heavy atom. The highest BCUT2D eigenvalue weighted by Gasteiger charge is 3.02. The molecule has 7 nitrogen and oxygen atoms in total. The molecule has 3 unspecified atom stereocenters. The van der Waals surface area contributed by atoms with E-state index in [1.54, 1.807) is 0 Å². The number of hydrogen-bond donors (Lipinski definition) is 3. The Balaban J connectivity index is 7.97. The number of carboxylic acids is 1. The van der Waals surface area contributed by atoms with Gasteiger partial charge in [0.25, 0.3) is 0 Å². The summed E-state index contributed by atoms with van der Waals surface area (Å²) in [6.45, 7) is -4.91. The number of nitrogens with zero attached hydrogens (tertiary/aromatic N) is 1. The van der Waals surface area contributed by atoms with Crippen LogP contribution in [0.4, 0.5) is 145 Å². The Labute approximate surface area is 339 Å². The highest BCUT2D eigenvalue weighted by atomic mass is 19.4. The molecule has 0 aromatic rings. The average Bonchev–Trinajstić information content (AvgIpc) is 3.08. The van der Waals surface area contributed by atoms with E-state index in [0.29, 0.717) is 14.1 Å². The van der Waals surface area contributed by atoms with Crippen LogP contribution in [-0.4, -0.2) is 166 Å². The molecular formula is C26H19F33NO6+. The molecule has 0 aromatic carbocycles. The molecule has 0 radical (unpaired) electrons. The largest absolute Gasteiger partial charge is 0.477 e. The molecule has 0 aliphatic rings. The van der Waals surface area contributed by atoms with Crippen LogP contribution < -0.4 is 0 Å². The zero-order chi connectivity index (χ0) is 54.5. The molecule has 0 spiro atoms. The fourth-order valence-electron chi connectivity index (χ4n) is 4.79. The van der Waals surface area contributed by atoms with Crippen LogP contribution in [0.2, 0.25) is 0 Å². The minimum absolute atomic E-state index is 0.0251. The van der Waals surface area contributed by atoms with E-state index in [1.165, 1.54) is 0 Å². The number of hydrogen-bond acceptors (Lipinski definition) is 5. The molecule has 0 aliphatic heterocycles. The van der Waals surface area contributed by atoms with Crippen LogP contribution in [0, 0.1) is 5.92 Å². The number of esters is 1. The molecule has 0 heterocycles. The molecule has 0 bridgehead atoms. The van der Waals surface area contributed by atoms with E-state index in [1.807, 2.05) is 0 Å². The molecule has 66 heavy (non-hydrogen) atoms. The van der Waals surface area contributed by atoms with Gasteiger partial charge >= 0.3 is 107 Å². The normalized spacial score (nSPS) is 17.7. The van der Waals surface area contributed by atoms with E-state index in [0.717, 1.165) is 0 Å². The van der Waals surface area contributed by atoms with Gasteiger partial charge in [-0.1, -0.05) is 0 Å². The number of aliphatic hydroxyl groups is 2. The Hall–Kier alpha value is -3.49. The summed E-state index contributed by atoms with van der Waals surface area (Å²) in [4.78, 5) is 22.4. The first kappa shape index (κ1) is 62.5. The van der Waals surface area contributed by atoms with E-state index in [4.69, 9.17) is 5.11 Å². The highest BCUT2D eigenvalue weighted by molar-refractivity contribution is 5.68. The fraction of sp³-hybridized carbons (Fsp3) is 0.923. The SMILES string of the molecule is CC(=O)OC(C(CO)C(F)(F)C(F)(F)C(F)(F)C(F)(F)C(F)(F)C(F)(F)C(F)(F)C(F)(F)C(F)(F)C(F)(F)C(F)(F)C(F)(F)C(F)(F)C(F)(F)C(F)(F)C(F)(F)F)C(O)[N+](C)(C)CC(=O)O. The molecule has 0 saturated carbocycles. The molecular weight excluding hydrogens is 1050 g/mol. The number of carbonyl (C=O) groups excluding carboxylic acids is 1. The number of carbonyl (C=O) groups is 2. The molecule has 394 valence electrons. The number of likely N-dealkylation sites (N-methyl/N-ethyl adjacent to an activating group) is 1. The summed E-state index contributed by atoms with van der Waals surface area (Å²) in [7, 11) is 0.585. The van der Waals surface area contributed by atoms with Gasteiger partial charge < -0.3 is 20.1 Å². The van der Waals surface area contributed by atoms with Crippen LogP contribution in [0.3, 0.4) is 0 Å². The van der Waals surface area contributed by atoms with E-state index >= 15 is 8.78 Å². The van der Waals surface area contributed by atoms with Crippen molar-refractivity contribution in [1.82, 2.24) is 0 Å². The first-order valence-corrected chi connectivity index (χ1v) is 15.3. The van der Waals surface area contributed by atoms with Gasteiger partial charge in [0.1, 0.15) is 0 Å². The van der Waals surface area contributed by atoms with Gasteiger partial charge in [0, 0.05) is 6.92 Å². The predicted octanol–water partition coefficient (Wildman–Crippen LogP) is 9.10. The van der Waals surface area contributed by atoms with Crippen molar-refractivity contribution in [1.29, 1.82) is 0 Å². The van der Waals surface area contributed by atoms with E-state index in [2.05, 4.69) is 4.74 Å². The summed E-state index contributed by atoms with van der Waals surface area (Å²) in [6, 6.07) is 0. The van der Waals surface area contributed by atoms with Crippen LogP contribution in [0.5, 0.6) is 0 Å². The lowest BCUT2D eigenvalue weighted by atomic mass is 9.81. The first-order valence-electron chi connectivity index (χ1n) is 15.3. The summed E-state index contributed by atoms with van der Waals surface area (Å²) in [6.07, 6.45) is -15.9. The van der Waals surface area contributed by atoms with Crippen LogP contribution in [0.15, 0.2) is 0 Å². The van der Waals surface area contributed by atoms with Crippen LogP contribution in [-0.2, 0) is 14.3 Å². The quantitative estimate of drug-likeness (QED) is 0.0433. The maximum absolute atomic E-state index is 15.1. The van der Waals surface area contributed by atoms with Crippen molar-refractivity contribution in [2.75, 3.05) is 27.2 Å². The molecule has 0 aromatic heterocycles. The third kappa shape index (κ3) is 8.11. The molecule has 0 amide bonds. The Morgan fingerprint density at radius 2 is 0.652 bits per heavy atom. The number of rotatable bonds is 22.